The fraction of sp³-hybridized carbons (Fsp3) is 0.615. The smallest absolute Gasteiger partial charge is 0.242 e. The van der Waals surface area contributed by atoms with E-state index in [1.807, 2.05) is 0 Å². The van der Waals surface area contributed by atoms with Gasteiger partial charge in [-0.05, 0) is 45.0 Å². The van der Waals surface area contributed by atoms with E-state index in [0.717, 1.165) is 13.1 Å². The molecule has 1 atom stereocenters. The van der Waals surface area contributed by atoms with Crippen molar-refractivity contribution in [2.24, 2.45) is 0 Å². The van der Waals surface area contributed by atoms with Crippen LogP contribution in [0.15, 0.2) is 23.2 Å². The molecule has 0 saturated carbocycles. The predicted molar refractivity (Wildman–Crippen MR) is 79.2 cm³/mol. The largest absolute Gasteiger partial charge is 0.373 e. The van der Waals surface area contributed by atoms with Crippen molar-refractivity contribution in [1.82, 2.24) is 14.6 Å². The van der Waals surface area contributed by atoms with Crippen molar-refractivity contribution in [1.29, 1.82) is 0 Å². The number of hydrogen-bond donors (Lipinski definition) is 2. The topological polar surface area (TPSA) is 74.3 Å². The van der Waals surface area contributed by atoms with Gasteiger partial charge in [-0.15, -0.1) is 0 Å². The first-order valence-electron chi connectivity index (χ1n) is 6.90. The zero-order valence-electron chi connectivity index (χ0n) is 12.0. The van der Waals surface area contributed by atoms with Gasteiger partial charge in [-0.25, -0.2) is 18.1 Å². The first kappa shape index (κ1) is 15.2. The first-order valence-corrected chi connectivity index (χ1v) is 8.39. The van der Waals surface area contributed by atoms with Crippen LogP contribution in [0.2, 0.25) is 0 Å². The molecule has 0 aromatic carbocycles. The van der Waals surface area contributed by atoms with Crippen molar-refractivity contribution in [3.05, 3.63) is 18.3 Å². The van der Waals surface area contributed by atoms with E-state index < -0.39 is 10.0 Å². The highest BCUT2D eigenvalue weighted by Gasteiger charge is 2.21. The Hall–Kier alpha value is -1.18. The minimum absolute atomic E-state index is 0.199. The molecule has 2 N–H and O–H groups in total. The van der Waals surface area contributed by atoms with Crippen LogP contribution in [0.1, 0.15) is 19.8 Å². The summed E-state index contributed by atoms with van der Waals surface area (Å²) in [5, 5.41) is 2.86. The molecule has 0 aliphatic carbocycles. The van der Waals surface area contributed by atoms with Gasteiger partial charge in [-0.1, -0.05) is 0 Å². The molecule has 1 aliphatic heterocycles. The van der Waals surface area contributed by atoms with Gasteiger partial charge in [0.2, 0.25) is 10.0 Å². The zero-order valence-corrected chi connectivity index (χ0v) is 12.8. The Morgan fingerprint density at radius 2 is 2.05 bits per heavy atom. The van der Waals surface area contributed by atoms with Crippen molar-refractivity contribution >= 4 is 15.8 Å². The van der Waals surface area contributed by atoms with Gasteiger partial charge in [0.05, 0.1) is 0 Å². The van der Waals surface area contributed by atoms with Crippen LogP contribution in [0.5, 0.6) is 0 Å². The molecule has 0 bridgehead atoms. The minimum Gasteiger partial charge on any atom is -0.373 e. The highest BCUT2D eigenvalue weighted by Crippen LogP contribution is 2.13. The molecule has 0 spiro atoms. The summed E-state index contributed by atoms with van der Waals surface area (Å²) in [5.41, 5.74) is 0. The van der Waals surface area contributed by atoms with Gasteiger partial charge in [-0.3, -0.25) is 4.90 Å². The molecular weight excluding hydrogens is 276 g/mol. The monoisotopic (exact) mass is 298 g/mol. The molecule has 1 aliphatic rings. The second kappa shape index (κ2) is 6.51. The maximum Gasteiger partial charge on any atom is 0.242 e. The van der Waals surface area contributed by atoms with E-state index in [2.05, 4.69) is 26.8 Å². The van der Waals surface area contributed by atoms with E-state index >= 15 is 0 Å². The molecule has 112 valence electrons. The minimum atomic E-state index is -3.48. The number of sulfonamides is 1. The van der Waals surface area contributed by atoms with Gasteiger partial charge in [0.1, 0.15) is 10.7 Å². The summed E-state index contributed by atoms with van der Waals surface area (Å²) in [6.45, 7) is 4.59. The average Bonchev–Trinajstić information content (AvgIpc) is 2.99. The Morgan fingerprint density at radius 1 is 1.35 bits per heavy atom. The highest BCUT2D eigenvalue weighted by molar-refractivity contribution is 7.89. The van der Waals surface area contributed by atoms with Gasteiger partial charge in [-0.2, -0.15) is 0 Å². The molecular formula is C13H22N4O2S. The van der Waals surface area contributed by atoms with E-state index in [1.165, 1.54) is 19.0 Å². The lowest BCUT2D eigenvalue weighted by molar-refractivity contribution is 0.260. The Balaban J connectivity index is 1.95. The van der Waals surface area contributed by atoms with Crippen LogP contribution in [0, 0.1) is 0 Å². The second-order valence-corrected chi connectivity index (χ2v) is 6.84. The lowest BCUT2D eigenvalue weighted by Gasteiger charge is -2.23. The van der Waals surface area contributed by atoms with Crippen LogP contribution in [0.4, 0.5) is 5.82 Å². The van der Waals surface area contributed by atoms with Gasteiger partial charge in [0.15, 0.2) is 0 Å². The van der Waals surface area contributed by atoms with Gasteiger partial charge < -0.3 is 5.32 Å². The van der Waals surface area contributed by atoms with Crippen LogP contribution in [-0.4, -0.2) is 51.0 Å². The van der Waals surface area contributed by atoms with Gasteiger partial charge in [0.25, 0.3) is 0 Å². The normalized spacial score (nSPS) is 18.1. The van der Waals surface area contributed by atoms with E-state index in [9.17, 15) is 8.42 Å². The molecule has 1 fully saturated rings. The molecule has 1 unspecified atom stereocenters. The summed E-state index contributed by atoms with van der Waals surface area (Å²) in [7, 11) is -1.73. The number of aromatic nitrogens is 1. The Bertz CT molecular complexity index is 524. The maximum atomic E-state index is 12.2. The fourth-order valence-corrected chi connectivity index (χ4v) is 3.38. The number of pyridine rings is 1. The van der Waals surface area contributed by atoms with Crippen LogP contribution in [0.3, 0.4) is 0 Å². The zero-order chi connectivity index (χ0) is 14.6. The molecule has 0 amide bonds. The summed E-state index contributed by atoms with van der Waals surface area (Å²) < 4.78 is 27.0. The number of rotatable bonds is 6. The molecule has 2 rings (SSSR count). The molecule has 20 heavy (non-hydrogen) atoms. The maximum absolute atomic E-state index is 12.2. The molecule has 2 heterocycles. The number of nitrogens with one attached hydrogen (secondary N) is 2. The standard InChI is InChI=1S/C13H22N4O2S/c1-11(17-7-3-4-8-17)9-16-20(18,19)12-5-6-13(14-2)15-10-12/h5-6,10-11,16H,3-4,7-9H2,1-2H3,(H,14,15). The number of hydrogen-bond acceptors (Lipinski definition) is 5. The number of likely N-dealkylation sites (tertiary alicyclic amines) is 1. The number of anilines is 1. The molecule has 1 aromatic heterocycles. The first-order chi connectivity index (χ1) is 9.53. The van der Waals surface area contributed by atoms with Crippen LogP contribution < -0.4 is 10.0 Å². The van der Waals surface area contributed by atoms with E-state index in [4.69, 9.17) is 0 Å². The lowest BCUT2D eigenvalue weighted by atomic mass is 10.3. The summed E-state index contributed by atoms with van der Waals surface area (Å²) >= 11 is 0. The van der Waals surface area contributed by atoms with Crippen molar-refractivity contribution in [2.45, 2.75) is 30.7 Å². The molecule has 0 radical (unpaired) electrons. The summed E-state index contributed by atoms with van der Waals surface area (Å²) in [6, 6.07) is 3.43. The third-order valence-corrected chi connectivity index (χ3v) is 5.04. The van der Waals surface area contributed by atoms with Crippen molar-refractivity contribution < 1.29 is 8.42 Å². The van der Waals surface area contributed by atoms with E-state index in [1.54, 1.807) is 19.2 Å². The predicted octanol–water partition coefficient (Wildman–Crippen LogP) is 0.886. The molecule has 6 nitrogen and oxygen atoms in total. The lowest BCUT2D eigenvalue weighted by Crippen LogP contribution is -2.40. The average molecular weight is 298 g/mol. The number of nitrogens with zero attached hydrogens (tertiary/aromatic N) is 2. The summed E-state index contributed by atoms with van der Waals surface area (Å²) in [6.07, 6.45) is 3.77. The van der Waals surface area contributed by atoms with Crippen LogP contribution in [-0.2, 0) is 10.0 Å². The summed E-state index contributed by atoms with van der Waals surface area (Å²) in [5.74, 6) is 0.648. The second-order valence-electron chi connectivity index (χ2n) is 5.07. The fourth-order valence-electron chi connectivity index (χ4n) is 2.31. The van der Waals surface area contributed by atoms with E-state index in [0.29, 0.717) is 12.4 Å². The van der Waals surface area contributed by atoms with Crippen molar-refractivity contribution in [3.8, 4) is 0 Å². The molecule has 1 saturated heterocycles. The molecule has 1 aromatic rings. The van der Waals surface area contributed by atoms with E-state index in [-0.39, 0.29) is 10.9 Å². The Kier molecular flexibility index (Phi) is 4.95. The Morgan fingerprint density at radius 3 is 2.60 bits per heavy atom. The van der Waals surface area contributed by atoms with Gasteiger partial charge >= 0.3 is 0 Å². The third-order valence-electron chi connectivity index (χ3n) is 3.64. The van der Waals surface area contributed by atoms with Gasteiger partial charge in [0, 0.05) is 25.8 Å². The third kappa shape index (κ3) is 3.68. The Labute approximate surface area is 120 Å². The quantitative estimate of drug-likeness (QED) is 0.816. The molecule has 7 heteroatoms. The van der Waals surface area contributed by atoms with Crippen LogP contribution >= 0.6 is 0 Å². The highest BCUT2D eigenvalue weighted by atomic mass is 32.2. The summed E-state index contributed by atoms with van der Waals surface area (Å²) in [4.78, 5) is 6.54. The van der Waals surface area contributed by atoms with Crippen molar-refractivity contribution in [3.63, 3.8) is 0 Å². The van der Waals surface area contributed by atoms with Crippen LogP contribution in [0.25, 0.3) is 0 Å². The van der Waals surface area contributed by atoms with Crippen molar-refractivity contribution in [2.75, 3.05) is 32.0 Å². The SMILES string of the molecule is CNc1ccc(S(=O)(=O)NCC(C)N2CCCC2)cn1.